The number of hydrogen-bond acceptors (Lipinski definition) is 1. The average Bonchev–Trinajstić information content (AvgIpc) is 2.69. The molecule has 90 valence electrons. The van der Waals surface area contributed by atoms with Gasteiger partial charge in [0.25, 0.3) is 0 Å². The number of carbonyl (C=O) groups excluding carboxylic acids is 1. The number of aromatic amines is 1. The number of H-pyrrole nitrogens is 1. The summed E-state index contributed by atoms with van der Waals surface area (Å²) in [5.41, 5.74) is 1.69. The number of nitrogens with one attached hydrogen (secondary N) is 1. The molecule has 2 rings (SSSR count). The Morgan fingerprint density at radius 3 is 2.65 bits per heavy atom. The van der Waals surface area contributed by atoms with Gasteiger partial charge in [0.1, 0.15) is 0 Å². The van der Waals surface area contributed by atoms with Crippen LogP contribution in [0.1, 0.15) is 31.1 Å². The van der Waals surface area contributed by atoms with Crippen molar-refractivity contribution < 1.29 is 4.79 Å². The fourth-order valence-corrected chi connectivity index (χ4v) is 2.02. The molecule has 1 aromatic carbocycles. The van der Waals surface area contributed by atoms with Crippen molar-refractivity contribution in [1.82, 2.24) is 4.98 Å². The number of hydrogen-bond donors (Lipinski definition) is 1. The summed E-state index contributed by atoms with van der Waals surface area (Å²) >= 11 is 5.97. The number of aromatic nitrogens is 1. The smallest absolute Gasteiger partial charge is 0.168 e. The van der Waals surface area contributed by atoms with E-state index in [2.05, 4.69) is 18.8 Å². The van der Waals surface area contributed by atoms with Crippen molar-refractivity contribution in [2.24, 2.45) is 11.8 Å². The third kappa shape index (κ3) is 2.22. The summed E-state index contributed by atoms with van der Waals surface area (Å²) in [7, 11) is 0. The van der Waals surface area contributed by atoms with Crippen LogP contribution in [0, 0.1) is 11.8 Å². The number of carbonyl (C=O) groups is 1. The van der Waals surface area contributed by atoms with Crippen LogP contribution in [0.25, 0.3) is 10.9 Å². The monoisotopic (exact) mass is 249 g/mol. The molecule has 1 atom stereocenters. The van der Waals surface area contributed by atoms with Crippen molar-refractivity contribution in [1.29, 1.82) is 0 Å². The Bertz CT molecular complexity index is 556. The number of benzene rings is 1. The van der Waals surface area contributed by atoms with Gasteiger partial charge < -0.3 is 4.98 Å². The van der Waals surface area contributed by atoms with E-state index in [0.29, 0.717) is 10.9 Å². The van der Waals surface area contributed by atoms with Crippen LogP contribution in [0.15, 0.2) is 24.4 Å². The quantitative estimate of drug-likeness (QED) is 0.809. The number of halogens is 1. The lowest BCUT2D eigenvalue weighted by Crippen LogP contribution is -2.16. The van der Waals surface area contributed by atoms with Crippen LogP contribution in [0.4, 0.5) is 0 Å². The molecule has 0 amide bonds. The van der Waals surface area contributed by atoms with Gasteiger partial charge >= 0.3 is 0 Å². The van der Waals surface area contributed by atoms with Gasteiger partial charge in [-0.15, -0.1) is 0 Å². The molecule has 1 heterocycles. The topological polar surface area (TPSA) is 32.9 Å². The standard InChI is InChI=1S/C14H16ClNO/c1-8(2)9(3)14(17)12-7-16-13-5-4-10(15)6-11(12)13/h4-9,16H,1-3H3. The predicted molar refractivity (Wildman–Crippen MR) is 71.6 cm³/mol. The molecule has 1 unspecified atom stereocenters. The largest absolute Gasteiger partial charge is 0.360 e. The highest BCUT2D eigenvalue weighted by Crippen LogP contribution is 2.26. The first kappa shape index (κ1) is 12.2. The van der Waals surface area contributed by atoms with Crippen molar-refractivity contribution in [3.05, 3.63) is 35.0 Å². The van der Waals surface area contributed by atoms with E-state index < -0.39 is 0 Å². The zero-order valence-electron chi connectivity index (χ0n) is 10.3. The molecule has 17 heavy (non-hydrogen) atoms. The zero-order valence-corrected chi connectivity index (χ0v) is 11.0. The first-order valence-corrected chi connectivity index (χ1v) is 6.19. The van der Waals surface area contributed by atoms with E-state index >= 15 is 0 Å². The van der Waals surface area contributed by atoms with Crippen molar-refractivity contribution in [2.45, 2.75) is 20.8 Å². The van der Waals surface area contributed by atoms with Gasteiger partial charge in [0.05, 0.1) is 0 Å². The maximum atomic E-state index is 12.3. The van der Waals surface area contributed by atoms with Gasteiger partial charge in [-0.1, -0.05) is 32.4 Å². The second-order valence-corrected chi connectivity index (χ2v) is 5.23. The molecule has 2 aromatic rings. The second kappa shape index (κ2) is 4.53. The van der Waals surface area contributed by atoms with Crippen molar-refractivity contribution in [2.75, 3.05) is 0 Å². The third-order valence-corrected chi connectivity index (χ3v) is 3.56. The van der Waals surface area contributed by atoms with Crippen LogP contribution in [0.5, 0.6) is 0 Å². The minimum absolute atomic E-state index is 0.0213. The minimum Gasteiger partial charge on any atom is -0.360 e. The summed E-state index contributed by atoms with van der Waals surface area (Å²) in [5, 5.41) is 1.57. The van der Waals surface area contributed by atoms with Crippen LogP contribution in [0.2, 0.25) is 5.02 Å². The summed E-state index contributed by atoms with van der Waals surface area (Å²) in [6.07, 6.45) is 1.78. The second-order valence-electron chi connectivity index (χ2n) is 4.79. The molecule has 0 spiro atoms. The van der Waals surface area contributed by atoms with Gasteiger partial charge in [0.2, 0.25) is 0 Å². The van der Waals surface area contributed by atoms with Gasteiger partial charge in [-0.05, 0) is 24.1 Å². The Balaban J connectivity index is 2.49. The summed E-state index contributed by atoms with van der Waals surface area (Å²) < 4.78 is 0. The molecule has 0 radical (unpaired) electrons. The minimum atomic E-state index is 0.0213. The summed E-state index contributed by atoms with van der Waals surface area (Å²) in [6.45, 7) is 6.09. The first-order chi connectivity index (χ1) is 8.00. The molecule has 1 aromatic heterocycles. The highest BCUT2D eigenvalue weighted by atomic mass is 35.5. The zero-order chi connectivity index (χ0) is 12.6. The normalized spacial score (nSPS) is 13.2. The Kier molecular flexibility index (Phi) is 3.25. The lowest BCUT2D eigenvalue weighted by atomic mass is 9.90. The number of rotatable bonds is 3. The fraction of sp³-hybridized carbons (Fsp3) is 0.357. The van der Waals surface area contributed by atoms with Crippen LogP contribution >= 0.6 is 11.6 Å². The van der Waals surface area contributed by atoms with Crippen molar-refractivity contribution in [3.8, 4) is 0 Å². The maximum absolute atomic E-state index is 12.3. The maximum Gasteiger partial charge on any atom is 0.168 e. The molecule has 0 aliphatic heterocycles. The summed E-state index contributed by atoms with van der Waals surface area (Å²) in [5.74, 6) is 0.535. The van der Waals surface area contributed by atoms with Crippen LogP contribution in [0.3, 0.4) is 0 Å². The lowest BCUT2D eigenvalue weighted by Gasteiger charge is -2.13. The van der Waals surface area contributed by atoms with Crippen LogP contribution in [-0.4, -0.2) is 10.8 Å². The Morgan fingerprint density at radius 1 is 1.29 bits per heavy atom. The molecular weight excluding hydrogens is 234 g/mol. The molecule has 0 aliphatic carbocycles. The third-order valence-electron chi connectivity index (χ3n) is 3.32. The molecule has 0 bridgehead atoms. The van der Waals surface area contributed by atoms with Crippen molar-refractivity contribution in [3.63, 3.8) is 0 Å². The molecule has 2 nitrogen and oxygen atoms in total. The highest BCUT2D eigenvalue weighted by molar-refractivity contribution is 6.31. The van der Waals surface area contributed by atoms with E-state index in [9.17, 15) is 4.79 Å². The van der Waals surface area contributed by atoms with E-state index in [1.54, 1.807) is 6.20 Å². The van der Waals surface area contributed by atoms with Crippen molar-refractivity contribution >= 4 is 28.3 Å². The lowest BCUT2D eigenvalue weighted by molar-refractivity contribution is 0.0901. The number of fused-ring (bicyclic) bond motifs is 1. The van der Waals surface area contributed by atoms with Gasteiger partial charge in [-0.25, -0.2) is 0 Å². The number of ketones is 1. The predicted octanol–water partition coefficient (Wildman–Crippen LogP) is 4.30. The van der Waals surface area contributed by atoms with E-state index in [-0.39, 0.29) is 11.7 Å². The van der Waals surface area contributed by atoms with Crippen LogP contribution < -0.4 is 0 Å². The summed E-state index contributed by atoms with van der Waals surface area (Å²) in [6, 6.07) is 5.56. The van der Waals surface area contributed by atoms with Gasteiger partial charge in [0.15, 0.2) is 5.78 Å². The SMILES string of the molecule is CC(C)C(C)C(=O)c1c[nH]c2ccc(Cl)cc12. The Morgan fingerprint density at radius 2 is 2.00 bits per heavy atom. The van der Waals surface area contributed by atoms with Gasteiger partial charge in [-0.3, -0.25) is 4.79 Å². The highest BCUT2D eigenvalue weighted by Gasteiger charge is 2.21. The summed E-state index contributed by atoms with van der Waals surface area (Å²) in [4.78, 5) is 15.4. The number of Topliss-reactive ketones (excluding diaryl/α,β-unsaturated/α-hetero) is 1. The van der Waals surface area contributed by atoms with E-state index in [4.69, 9.17) is 11.6 Å². The average molecular weight is 250 g/mol. The first-order valence-electron chi connectivity index (χ1n) is 5.81. The van der Waals surface area contributed by atoms with Gasteiger partial charge in [0, 0.05) is 33.6 Å². The molecule has 0 aliphatic rings. The molecular formula is C14H16ClNO. The Hall–Kier alpha value is -1.28. The fourth-order valence-electron chi connectivity index (χ4n) is 1.84. The Labute approximate surface area is 106 Å². The van der Waals surface area contributed by atoms with E-state index in [1.807, 2.05) is 25.1 Å². The molecule has 1 N–H and O–H groups in total. The van der Waals surface area contributed by atoms with Gasteiger partial charge in [-0.2, -0.15) is 0 Å². The van der Waals surface area contributed by atoms with E-state index in [0.717, 1.165) is 16.5 Å². The molecule has 0 saturated carbocycles. The van der Waals surface area contributed by atoms with Crippen LogP contribution in [-0.2, 0) is 0 Å². The van der Waals surface area contributed by atoms with E-state index in [1.165, 1.54) is 0 Å². The molecule has 3 heteroatoms. The molecule has 0 fully saturated rings. The molecule has 0 saturated heterocycles.